The molecule has 1 fully saturated rings. The van der Waals surface area contributed by atoms with Gasteiger partial charge in [0.15, 0.2) is 0 Å². The normalized spacial score (nSPS) is 19.0. The molecule has 1 atom stereocenters. The molecule has 1 rings (SSSR count). The van der Waals surface area contributed by atoms with Crippen molar-refractivity contribution < 1.29 is 4.79 Å². The number of likely N-dealkylation sites (N-methyl/N-ethyl adjacent to an activating group) is 2. The van der Waals surface area contributed by atoms with Gasteiger partial charge in [-0.25, -0.2) is 0 Å². The lowest BCUT2D eigenvalue weighted by atomic mass is 10.0. The summed E-state index contributed by atoms with van der Waals surface area (Å²) in [5, 5.41) is 0. The Bertz CT molecular complexity index is 303. The number of amides is 1. The van der Waals surface area contributed by atoms with E-state index in [1.807, 2.05) is 11.9 Å². The molecular formula is C16H34N4O. The Morgan fingerprint density at radius 3 is 2.48 bits per heavy atom. The summed E-state index contributed by atoms with van der Waals surface area (Å²) in [6.45, 7) is 6.90. The van der Waals surface area contributed by atoms with Gasteiger partial charge in [-0.3, -0.25) is 4.79 Å². The average molecular weight is 298 g/mol. The van der Waals surface area contributed by atoms with E-state index in [9.17, 15) is 4.79 Å². The van der Waals surface area contributed by atoms with Gasteiger partial charge in [0.1, 0.15) is 0 Å². The van der Waals surface area contributed by atoms with Crippen LogP contribution in [-0.4, -0.2) is 80.5 Å². The topological polar surface area (TPSA) is 52.8 Å². The molecule has 0 radical (unpaired) electrons. The number of piperidine rings is 1. The van der Waals surface area contributed by atoms with Gasteiger partial charge in [0.05, 0.1) is 0 Å². The maximum Gasteiger partial charge on any atom is 0.222 e. The number of nitrogens with zero attached hydrogens (tertiary/aromatic N) is 3. The Morgan fingerprint density at radius 1 is 1.29 bits per heavy atom. The molecule has 124 valence electrons. The van der Waals surface area contributed by atoms with Gasteiger partial charge >= 0.3 is 0 Å². The number of hydrogen-bond acceptors (Lipinski definition) is 4. The lowest BCUT2D eigenvalue weighted by molar-refractivity contribution is -0.130. The summed E-state index contributed by atoms with van der Waals surface area (Å²) < 4.78 is 0. The molecule has 1 unspecified atom stereocenters. The Labute approximate surface area is 130 Å². The van der Waals surface area contributed by atoms with Gasteiger partial charge in [-0.15, -0.1) is 0 Å². The minimum atomic E-state index is 0.243. The summed E-state index contributed by atoms with van der Waals surface area (Å²) >= 11 is 0. The smallest absolute Gasteiger partial charge is 0.222 e. The summed E-state index contributed by atoms with van der Waals surface area (Å²) in [7, 11) is 6.29. The van der Waals surface area contributed by atoms with Crippen LogP contribution in [0.2, 0.25) is 0 Å². The molecule has 1 heterocycles. The van der Waals surface area contributed by atoms with E-state index in [4.69, 9.17) is 5.73 Å². The molecule has 1 amide bonds. The van der Waals surface area contributed by atoms with Gasteiger partial charge in [-0.2, -0.15) is 0 Å². The molecule has 2 N–H and O–H groups in total. The van der Waals surface area contributed by atoms with Crippen molar-refractivity contribution in [2.45, 2.75) is 38.6 Å². The van der Waals surface area contributed by atoms with Crippen molar-refractivity contribution >= 4 is 5.91 Å². The first kappa shape index (κ1) is 18.4. The molecule has 0 saturated carbocycles. The van der Waals surface area contributed by atoms with E-state index in [1.54, 1.807) is 0 Å². The minimum absolute atomic E-state index is 0.243. The number of carbonyl (C=O) groups is 1. The van der Waals surface area contributed by atoms with E-state index >= 15 is 0 Å². The summed E-state index contributed by atoms with van der Waals surface area (Å²) in [6, 6.07) is 0.668. The van der Waals surface area contributed by atoms with Crippen LogP contribution in [0.3, 0.4) is 0 Å². The third kappa shape index (κ3) is 6.76. The van der Waals surface area contributed by atoms with Crippen LogP contribution >= 0.6 is 0 Å². The quantitative estimate of drug-likeness (QED) is 0.722. The minimum Gasteiger partial charge on any atom is -0.344 e. The first-order valence-electron chi connectivity index (χ1n) is 8.26. The second kappa shape index (κ2) is 9.38. The van der Waals surface area contributed by atoms with Crippen LogP contribution in [0, 0.1) is 5.92 Å². The van der Waals surface area contributed by atoms with E-state index < -0.39 is 0 Å². The van der Waals surface area contributed by atoms with Crippen LogP contribution in [-0.2, 0) is 4.79 Å². The maximum atomic E-state index is 12.1. The SMILES string of the molecule is CC(CN)CCC(=O)N(C)CCN(C)C1CCN(C)CC1. The zero-order valence-corrected chi connectivity index (χ0v) is 14.3. The lowest BCUT2D eigenvalue weighted by Gasteiger charge is -2.35. The van der Waals surface area contributed by atoms with Crippen molar-refractivity contribution in [1.29, 1.82) is 0 Å². The van der Waals surface area contributed by atoms with Crippen molar-refractivity contribution in [3.8, 4) is 0 Å². The number of rotatable bonds is 8. The second-order valence-electron chi connectivity index (χ2n) is 6.71. The predicted molar refractivity (Wildman–Crippen MR) is 88.2 cm³/mol. The summed E-state index contributed by atoms with van der Waals surface area (Å²) in [6.07, 6.45) is 3.98. The number of carbonyl (C=O) groups excluding carboxylic acids is 1. The van der Waals surface area contributed by atoms with Gasteiger partial charge in [0.25, 0.3) is 0 Å². The number of nitrogens with two attached hydrogens (primary N) is 1. The van der Waals surface area contributed by atoms with Crippen molar-refractivity contribution in [3.63, 3.8) is 0 Å². The summed E-state index contributed by atoms with van der Waals surface area (Å²) in [5.74, 6) is 0.677. The fourth-order valence-corrected chi connectivity index (χ4v) is 2.73. The first-order valence-corrected chi connectivity index (χ1v) is 8.26. The highest BCUT2D eigenvalue weighted by Gasteiger charge is 2.21. The van der Waals surface area contributed by atoms with Crippen LogP contribution < -0.4 is 5.73 Å². The van der Waals surface area contributed by atoms with Gasteiger partial charge in [0.2, 0.25) is 5.91 Å². The van der Waals surface area contributed by atoms with Crippen LogP contribution in [0.15, 0.2) is 0 Å². The summed E-state index contributed by atoms with van der Waals surface area (Å²) in [5.41, 5.74) is 5.59. The molecule has 0 spiro atoms. The average Bonchev–Trinajstić information content (AvgIpc) is 2.50. The van der Waals surface area contributed by atoms with E-state index in [0.717, 1.165) is 19.5 Å². The third-order valence-electron chi connectivity index (χ3n) is 4.78. The molecule has 0 aliphatic carbocycles. The molecular weight excluding hydrogens is 264 g/mol. The van der Waals surface area contributed by atoms with Gasteiger partial charge in [-0.1, -0.05) is 6.92 Å². The molecule has 5 nitrogen and oxygen atoms in total. The highest BCUT2D eigenvalue weighted by atomic mass is 16.2. The van der Waals surface area contributed by atoms with Gasteiger partial charge in [-0.05, 0) is 58.9 Å². The van der Waals surface area contributed by atoms with E-state index in [0.29, 0.717) is 24.9 Å². The van der Waals surface area contributed by atoms with Crippen LogP contribution in [0.5, 0.6) is 0 Å². The van der Waals surface area contributed by atoms with Gasteiger partial charge < -0.3 is 20.4 Å². The fraction of sp³-hybridized carbons (Fsp3) is 0.938. The number of hydrogen-bond donors (Lipinski definition) is 1. The zero-order valence-electron chi connectivity index (χ0n) is 14.3. The van der Waals surface area contributed by atoms with E-state index in [1.165, 1.54) is 25.9 Å². The Hall–Kier alpha value is -0.650. The lowest BCUT2D eigenvalue weighted by Crippen LogP contribution is -2.44. The third-order valence-corrected chi connectivity index (χ3v) is 4.78. The van der Waals surface area contributed by atoms with Crippen LogP contribution in [0.1, 0.15) is 32.6 Å². The molecule has 0 aromatic heterocycles. The van der Waals surface area contributed by atoms with E-state index in [-0.39, 0.29) is 5.91 Å². The largest absolute Gasteiger partial charge is 0.344 e. The second-order valence-corrected chi connectivity index (χ2v) is 6.71. The molecule has 1 aliphatic heterocycles. The number of likely N-dealkylation sites (tertiary alicyclic amines) is 1. The highest BCUT2D eigenvalue weighted by Crippen LogP contribution is 2.14. The molecule has 21 heavy (non-hydrogen) atoms. The Morgan fingerprint density at radius 2 is 1.90 bits per heavy atom. The molecule has 1 saturated heterocycles. The maximum absolute atomic E-state index is 12.1. The molecule has 0 aromatic carbocycles. The van der Waals surface area contributed by atoms with Crippen molar-refractivity contribution in [3.05, 3.63) is 0 Å². The standard InChI is InChI=1S/C16H34N4O/c1-14(13-17)5-6-16(21)20(4)12-11-19(3)15-7-9-18(2)10-8-15/h14-15H,5-13,17H2,1-4H3. The molecule has 1 aliphatic rings. The summed E-state index contributed by atoms with van der Waals surface area (Å²) in [4.78, 5) is 18.7. The van der Waals surface area contributed by atoms with Crippen LogP contribution in [0.4, 0.5) is 0 Å². The van der Waals surface area contributed by atoms with Gasteiger partial charge in [0, 0.05) is 32.6 Å². The van der Waals surface area contributed by atoms with Crippen molar-refractivity contribution in [2.24, 2.45) is 11.7 Å². The molecule has 0 bridgehead atoms. The zero-order chi connectivity index (χ0) is 15.8. The van der Waals surface area contributed by atoms with Crippen molar-refractivity contribution in [2.75, 3.05) is 53.9 Å². The Balaban J connectivity index is 2.22. The molecule has 5 heteroatoms. The Kier molecular flexibility index (Phi) is 8.22. The first-order chi connectivity index (χ1) is 9.93. The monoisotopic (exact) mass is 298 g/mol. The van der Waals surface area contributed by atoms with E-state index in [2.05, 4.69) is 30.8 Å². The fourth-order valence-electron chi connectivity index (χ4n) is 2.73. The molecule has 0 aromatic rings. The van der Waals surface area contributed by atoms with Crippen molar-refractivity contribution in [1.82, 2.24) is 14.7 Å². The van der Waals surface area contributed by atoms with Crippen LogP contribution in [0.25, 0.3) is 0 Å². The highest BCUT2D eigenvalue weighted by molar-refractivity contribution is 5.75. The predicted octanol–water partition coefficient (Wildman–Crippen LogP) is 0.846.